The summed E-state index contributed by atoms with van der Waals surface area (Å²) >= 11 is 5.87. The van der Waals surface area contributed by atoms with Crippen molar-refractivity contribution in [1.29, 1.82) is 0 Å². The molecule has 8 nitrogen and oxygen atoms in total. The fourth-order valence-corrected chi connectivity index (χ4v) is 6.64. The molecular formula is C36H40ClF2N3O5. The average molecular weight is 668 g/mol. The molecule has 3 aromatic rings. The van der Waals surface area contributed by atoms with Crippen LogP contribution in [0.5, 0.6) is 11.6 Å². The molecule has 2 aromatic carbocycles. The van der Waals surface area contributed by atoms with Gasteiger partial charge in [-0.05, 0) is 85.4 Å². The van der Waals surface area contributed by atoms with Gasteiger partial charge >= 0.3 is 0 Å². The highest BCUT2D eigenvalue weighted by Gasteiger charge is 2.40. The van der Waals surface area contributed by atoms with Gasteiger partial charge in [0.05, 0.1) is 38.5 Å². The number of halogens is 3. The Morgan fingerprint density at radius 2 is 1.85 bits per heavy atom. The van der Waals surface area contributed by atoms with Crippen molar-refractivity contribution >= 4 is 23.1 Å². The summed E-state index contributed by atoms with van der Waals surface area (Å²) < 4.78 is 44.9. The minimum absolute atomic E-state index is 0.0461. The molecule has 2 bridgehead atoms. The zero-order valence-electron chi connectivity index (χ0n) is 26.4. The highest BCUT2D eigenvalue weighted by atomic mass is 35.5. The zero-order chi connectivity index (χ0) is 32.9. The first-order valence-corrected chi connectivity index (χ1v) is 16.6. The molecule has 1 saturated carbocycles. The SMILES string of the molecule is Cc1c(C(NC(=O)C2=C(c3ccc(CCCOc4c(F)ccc(F)c4Cl)cc3)CC3COC[C@H]2N3)C2CC2)ccnc1OCCCO. The van der Waals surface area contributed by atoms with Gasteiger partial charge in [0, 0.05) is 36.4 Å². The highest BCUT2D eigenvalue weighted by Crippen LogP contribution is 2.43. The molecule has 11 heteroatoms. The Morgan fingerprint density at radius 3 is 2.62 bits per heavy atom. The summed E-state index contributed by atoms with van der Waals surface area (Å²) in [6.07, 6.45) is 6.21. The van der Waals surface area contributed by atoms with Crippen LogP contribution in [0.25, 0.3) is 5.57 Å². The molecule has 1 amide bonds. The largest absolute Gasteiger partial charge is 0.489 e. The molecule has 2 fully saturated rings. The number of ether oxygens (including phenoxy) is 3. The van der Waals surface area contributed by atoms with E-state index >= 15 is 0 Å². The molecule has 0 radical (unpaired) electrons. The molecule has 3 atom stereocenters. The van der Waals surface area contributed by atoms with Gasteiger partial charge in [0.25, 0.3) is 0 Å². The molecule has 3 N–H and O–H groups in total. The van der Waals surface area contributed by atoms with Crippen molar-refractivity contribution in [2.75, 3.05) is 33.0 Å². The Bertz CT molecular complexity index is 1610. The minimum Gasteiger partial charge on any atom is -0.489 e. The number of aliphatic hydroxyl groups excluding tert-OH is 1. The Balaban J connectivity index is 1.18. The van der Waals surface area contributed by atoms with Gasteiger partial charge in [-0.1, -0.05) is 35.9 Å². The topological polar surface area (TPSA) is 102 Å². The molecule has 3 heterocycles. The number of aryl methyl sites for hydroxylation is 1. The quantitative estimate of drug-likeness (QED) is 0.146. The summed E-state index contributed by atoms with van der Waals surface area (Å²) in [5.41, 5.74) is 5.66. The lowest BCUT2D eigenvalue weighted by Gasteiger charge is -2.39. The van der Waals surface area contributed by atoms with Crippen LogP contribution in [0.15, 0.2) is 54.2 Å². The number of benzene rings is 2. The number of carbonyl (C=O) groups is 1. The maximum absolute atomic E-state index is 14.2. The lowest BCUT2D eigenvalue weighted by molar-refractivity contribution is -0.119. The predicted octanol–water partition coefficient (Wildman–Crippen LogP) is 5.88. The van der Waals surface area contributed by atoms with Crippen LogP contribution in [0.2, 0.25) is 5.02 Å². The molecule has 0 spiro atoms. The minimum atomic E-state index is -0.723. The van der Waals surface area contributed by atoms with E-state index in [0.717, 1.165) is 52.8 Å². The van der Waals surface area contributed by atoms with Crippen molar-refractivity contribution in [3.8, 4) is 11.6 Å². The number of rotatable bonds is 14. The number of hydrogen-bond acceptors (Lipinski definition) is 7. The van der Waals surface area contributed by atoms with Gasteiger partial charge in [-0.3, -0.25) is 4.79 Å². The van der Waals surface area contributed by atoms with Gasteiger partial charge < -0.3 is 30.0 Å². The number of pyridine rings is 1. The van der Waals surface area contributed by atoms with Crippen LogP contribution in [0.3, 0.4) is 0 Å². The number of fused-ring (bicyclic) bond motifs is 2. The molecule has 1 aliphatic carbocycles. The first kappa shape index (κ1) is 33.3. The monoisotopic (exact) mass is 667 g/mol. The average Bonchev–Trinajstić information content (AvgIpc) is 3.92. The van der Waals surface area contributed by atoms with E-state index in [2.05, 4.69) is 15.6 Å². The van der Waals surface area contributed by atoms with Gasteiger partial charge in [-0.15, -0.1) is 0 Å². The van der Waals surface area contributed by atoms with Crippen molar-refractivity contribution in [1.82, 2.24) is 15.6 Å². The third kappa shape index (κ3) is 7.78. The number of carbonyl (C=O) groups excluding carboxylic acids is 1. The van der Waals surface area contributed by atoms with Crippen molar-refractivity contribution in [2.45, 2.75) is 63.6 Å². The number of amides is 1. The molecule has 2 unspecified atom stereocenters. The van der Waals surface area contributed by atoms with E-state index in [1.54, 1.807) is 6.20 Å². The van der Waals surface area contributed by atoms with Gasteiger partial charge in [0.15, 0.2) is 11.6 Å². The number of morpholine rings is 1. The Morgan fingerprint density at radius 1 is 1.09 bits per heavy atom. The fourth-order valence-electron chi connectivity index (χ4n) is 6.44. The zero-order valence-corrected chi connectivity index (χ0v) is 27.1. The summed E-state index contributed by atoms with van der Waals surface area (Å²) in [6.45, 7) is 3.57. The standard InChI is InChI=1S/C36H40ClF2N3O5/c1-21-26(13-14-40-36(21)47-17-3-15-43)33(24-9-10-24)42-35(44)31-27(18-25-19-45-20-30(31)41-25)23-7-5-22(6-8-23)4-2-16-46-34-29(39)12-11-28(38)32(34)37/h5-8,11-14,24-25,30,33,41,43H,2-4,9-10,15-20H2,1H3,(H,42,44)/t25?,30-,33?/m1/s1. The first-order chi connectivity index (χ1) is 22.8. The van der Waals surface area contributed by atoms with E-state index in [0.29, 0.717) is 62.9 Å². The smallest absolute Gasteiger partial charge is 0.249 e. The van der Waals surface area contributed by atoms with Crippen LogP contribution in [-0.2, 0) is 16.0 Å². The van der Waals surface area contributed by atoms with Crippen LogP contribution in [-0.4, -0.2) is 61.1 Å². The van der Waals surface area contributed by atoms with Crippen LogP contribution >= 0.6 is 11.6 Å². The third-order valence-corrected chi connectivity index (χ3v) is 9.38. The lowest BCUT2D eigenvalue weighted by Crippen LogP contribution is -2.55. The molecule has 47 heavy (non-hydrogen) atoms. The van der Waals surface area contributed by atoms with Crippen molar-refractivity contribution < 1.29 is 32.9 Å². The predicted molar refractivity (Wildman–Crippen MR) is 174 cm³/mol. The van der Waals surface area contributed by atoms with E-state index in [-0.39, 0.29) is 48.0 Å². The van der Waals surface area contributed by atoms with Crippen LogP contribution < -0.4 is 20.1 Å². The maximum atomic E-state index is 14.2. The van der Waals surface area contributed by atoms with Gasteiger partial charge in [0.2, 0.25) is 11.8 Å². The summed E-state index contributed by atoms with van der Waals surface area (Å²) in [6, 6.07) is 11.8. The van der Waals surface area contributed by atoms with Gasteiger partial charge in [0.1, 0.15) is 10.8 Å². The fraction of sp³-hybridized carbons (Fsp3) is 0.444. The van der Waals surface area contributed by atoms with Crippen molar-refractivity contribution in [3.05, 3.63) is 93.1 Å². The number of nitrogens with zero attached hydrogens (tertiary/aromatic N) is 1. The van der Waals surface area contributed by atoms with E-state index in [1.807, 2.05) is 37.3 Å². The van der Waals surface area contributed by atoms with E-state index in [9.17, 15) is 13.6 Å². The molecule has 2 aliphatic heterocycles. The first-order valence-electron chi connectivity index (χ1n) is 16.3. The van der Waals surface area contributed by atoms with E-state index in [4.69, 9.17) is 30.9 Å². The molecular weight excluding hydrogens is 628 g/mol. The van der Waals surface area contributed by atoms with Crippen LogP contribution in [0.1, 0.15) is 60.4 Å². The molecule has 3 aliphatic rings. The second kappa shape index (κ2) is 15.1. The Hall–Kier alpha value is -3.57. The molecule has 1 aromatic heterocycles. The van der Waals surface area contributed by atoms with Crippen LogP contribution in [0, 0.1) is 24.5 Å². The summed E-state index contributed by atoms with van der Waals surface area (Å²) in [5, 5.41) is 15.8. The van der Waals surface area contributed by atoms with Crippen molar-refractivity contribution in [2.24, 2.45) is 5.92 Å². The van der Waals surface area contributed by atoms with E-state index < -0.39 is 11.6 Å². The molecule has 1 saturated heterocycles. The second-order valence-corrected chi connectivity index (χ2v) is 12.8. The summed E-state index contributed by atoms with van der Waals surface area (Å²) in [4.78, 5) is 18.6. The van der Waals surface area contributed by atoms with Crippen molar-refractivity contribution in [3.63, 3.8) is 0 Å². The Kier molecular flexibility index (Phi) is 10.7. The molecule has 6 rings (SSSR count). The maximum Gasteiger partial charge on any atom is 0.249 e. The second-order valence-electron chi connectivity index (χ2n) is 12.4. The third-order valence-electron chi connectivity index (χ3n) is 9.03. The number of hydrogen-bond donors (Lipinski definition) is 3. The summed E-state index contributed by atoms with van der Waals surface area (Å²) in [7, 11) is 0. The molecule has 250 valence electrons. The number of aliphatic hydroxyl groups is 1. The summed E-state index contributed by atoms with van der Waals surface area (Å²) in [5.74, 6) is -0.942. The number of nitrogens with one attached hydrogen (secondary N) is 2. The normalized spacial score (nSPS) is 19.8. The van der Waals surface area contributed by atoms with Gasteiger partial charge in [-0.25, -0.2) is 13.8 Å². The lowest BCUT2D eigenvalue weighted by atomic mass is 9.84. The van der Waals surface area contributed by atoms with Gasteiger partial charge in [-0.2, -0.15) is 0 Å². The van der Waals surface area contributed by atoms with E-state index in [1.165, 1.54) is 0 Å². The van der Waals surface area contributed by atoms with Crippen LogP contribution in [0.4, 0.5) is 8.78 Å². The number of aromatic nitrogens is 1. The highest BCUT2D eigenvalue weighted by molar-refractivity contribution is 6.32. The Labute approximate surface area is 278 Å².